The number of benzene rings is 2. The Hall–Kier alpha value is -3.48. The highest BCUT2D eigenvalue weighted by Crippen LogP contribution is 2.41. The molecule has 0 radical (unpaired) electrons. The molecule has 2 aliphatic rings. The van der Waals surface area contributed by atoms with E-state index >= 15 is 0 Å². The summed E-state index contributed by atoms with van der Waals surface area (Å²) in [5.74, 6) is 1.57. The average molecular weight is 423 g/mol. The molecule has 31 heavy (non-hydrogen) atoms. The van der Waals surface area contributed by atoms with Gasteiger partial charge in [0.15, 0.2) is 0 Å². The Balaban J connectivity index is 1.49. The standard InChI is InChI=1S/C24H25NO6/c1-28-16-12-20(29-2)23(21(13-16)30-3)15-8-10-25(11-9-15)22(26)14-19-17-6-4-5-7-18(17)24(27)31-19/h4-8,12-13,19H,9-11,14H2,1-3H3/t19-/m1/s1. The van der Waals surface area contributed by atoms with Crippen LogP contribution in [0.1, 0.15) is 40.4 Å². The zero-order valence-corrected chi connectivity index (χ0v) is 17.8. The molecule has 162 valence electrons. The van der Waals surface area contributed by atoms with Crippen molar-refractivity contribution < 1.29 is 28.5 Å². The van der Waals surface area contributed by atoms with E-state index in [0.29, 0.717) is 42.3 Å². The van der Waals surface area contributed by atoms with Crippen molar-refractivity contribution in [3.8, 4) is 17.2 Å². The van der Waals surface area contributed by atoms with Crippen molar-refractivity contribution in [2.24, 2.45) is 0 Å². The Bertz CT molecular complexity index is 1020. The summed E-state index contributed by atoms with van der Waals surface area (Å²) in [6.07, 6.45) is 2.29. The third-order valence-corrected chi connectivity index (χ3v) is 5.73. The highest BCUT2D eigenvalue weighted by molar-refractivity contribution is 5.94. The smallest absolute Gasteiger partial charge is 0.339 e. The summed E-state index contributed by atoms with van der Waals surface area (Å²) in [5.41, 5.74) is 3.25. The number of rotatable bonds is 6. The van der Waals surface area contributed by atoms with Crippen LogP contribution in [0.15, 0.2) is 42.5 Å². The summed E-state index contributed by atoms with van der Waals surface area (Å²) < 4.78 is 21.9. The second kappa shape index (κ2) is 8.71. The highest BCUT2D eigenvalue weighted by atomic mass is 16.5. The maximum Gasteiger partial charge on any atom is 0.339 e. The normalized spacial score (nSPS) is 17.5. The van der Waals surface area contributed by atoms with Gasteiger partial charge in [-0.2, -0.15) is 0 Å². The predicted molar refractivity (Wildman–Crippen MR) is 114 cm³/mol. The first-order valence-corrected chi connectivity index (χ1v) is 10.1. The second-order valence-corrected chi connectivity index (χ2v) is 7.41. The number of cyclic esters (lactones) is 1. The number of methoxy groups -OCH3 is 3. The van der Waals surface area contributed by atoms with Crippen LogP contribution in [0.3, 0.4) is 0 Å². The zero-order valence-electron chi connectivity index (χ0n) is 17.8. The third-order valence-electron chi connectivity index (χ3n) is 5.73. The number of carbonyl (C=O) groups is 2. The lowest BCUT2D eigenvalue weighted by atomic mass is 9.96. The molecule has 2 aliphatic heterocycles. The molecule has 1 amide bonds. The molecule has 0 aliphatic carbocycles. The minimum atomic E-state index is -0.525. The number of hydrogen-bond acceptors (Lipinski definition) is 6. The van der Waals surface area contributed by atoms with Gasteiger partial charge in [-0.15, -0.1) is 0 Å². The number of carbonyl (C=O) groups excluding carboxylic acids is 2. The van der Waals surface area contributed by atoms with E-state index in [4.69, 9.17) is 18.9 Å². The van der Waals surface area contributed by atoms with Crippen LogP contribution >= 0.6 is 0 Å². The molecule has 0 saturated carbocycles. The van der Waals surface area contributed by atoms with Crippen molar-refractivity contribution in [2.75, 3.05) is 34.4 Å². The molecule has 2 aromatic carbocycles. The molecule has 0 unspecified atom stereocenters. The van der Waals surface area contributed by atoms with Gasteiger partial charge >= 0.3 is 5.97 Å². The van der Waals surface area contributed by atoms with Crippen molar-refractivity contribution in [1.29, 1.82) is 0 Å². The monoisotopic (exact) mass is 423 g/mol. The summed E-state index contributed by atoms with van der Waals surface area (Å²) in [7, 11) is 4.81. The molecule has 0 aromatic heterocycles. The van der Waals surface area contributed by atoms with E-state index in [1.165, 1.54) is 0 Å². The Morgan fingerprint density at radius 1 is 1.10 bits per heavy atom. The Morgan fingerprint density at radius 3 is 2.42 bits per heavy atom. The van der Waals surface area contributed by atoms with Gasteiger partial charge in [0.2, 0.25) is 5.91 Å². The summed E-state index contributed by atoms with van der Waals surface area (Å²) >= 11 is 0. The summed E-state index contributed by atoms with van der Waals surface area (Å²) in [4.78, 5) is 26.7. The van der Waals surface area contributed by atoms with Gasteiger partial charge in [-0.3, -0.25) is 4.79 Å². The fourth-order valence-electron chi connectivity index (χ4n) is 4.10. The van der Waals surface area contributed by atoms with E-state index in [2.05, 4.69) is 0 Å². The summed E-state index contributed by atoms with van der Waals surface area (Å²) in [6.45, 7) is 1.03. The molecule has 0 spiro atoms. The topological polar surface area (TPSA) is 74.3 Å². The fraction of sp³-hybridized carbons (Fsp3) is 0.333. The van der Waals surface area contributed by atoms with E-state index in [1.54, 1.807) is 38.4 Å². The van der Waals surface area contributed by atoms with Gasteiger partial charge in [0, 0.05) is 30.8 Å². The van der Waals surface area contributed by atoms with Crippen LogP contribution in [-0.2, 0) is 9.53 Å². The van der Waals surface area contributed by atoms with Crippen LogP contribution in [0.5, 0.6) is 17.2 Å². The van der Waals surface area contributed by atoms with E-state index in [0.717, 1.165) is 16.7 Å². The molecule has 1 atom stereocenters. The summed E-state index contributed by atoms with van der Waals surface area (Å²) in [5, 5.41) is 0. The van der Waals surface area contributed by atoms with Gasteiger partial charge in [-0.25, -0.2) is 4.79 Å². The summed E-state index contributed by atoms with van der Waals surface area (Å²) in [6, 6.07) is 10.9. The molecule has 7 nitrogen and oxygen atoms in total. The molecular weight excluding hydrogens is 398 g/mol. The molecular formula is C24H25NO6. The van der Waals surface area contributed by atoms with E-state index in [-0.39, 0.29) is 18.3 Å². The molecule has 0 fully saturated rings. The van der Waals surface area contributed by atoms with E-state index < -0.39 is 6.10 Å². The predicted octanol–water partition coefficient (Wildman–Crippen LogP) is 3.63. The van der Waals surface area contributed by atoms with Crippen LogP contribution in [0, 0.1) is 0 Å². The van der Waals surface area contributed by atoms with Gasteiger partial charge in [0.25, 0.3) is 0 Å². The maximum absolute atomic E-state index is 12.9. The lowest BCUT2D eigenvalue weighted by molar-refractivity contribution is -0.132. The average Bonchev–Trinajstić information content (AvgIpc) is 3.13. The molecule has 2 heterocycles. The van der Waals surface area contributed by atoms with Gasteiger partial charge in [-0.1, -0.05) is 24.3 Å². The molecule has 7 heteroatoms. The van der Waals surface area contributed by atoms with Gasteiger partial charge in [0.05, 0.1) is 38.9 Å². The Kier molecular flexibility index (Phi) is 5.84. The van der Waals surface area contributed by atoms with Crippen molar-refractivity contribution in [2.45, 2.75) is 18.9 Å². The largest absolute Gasteiger partial charge is 0.496 e. The zero-order chi connectivity index (χ0) is 22.0. The first kappa shape index (κ1) is 20.8. The number of nitrogens with zero attached hydrogens (tertiary/aromatic N) is 1. The van der Waals surface area contributed by atoms with Crippen LogP contribution in [0.4, 0.5) is 0 Å². The first-order valence-electron chi connectivity index (χ1n) is 10.1. The number of ether oxygens (including phenoxy) is 4. The Morgan fingerprint density at radius 2 is 1.81 bits per heavy atom. The van der Waals surface area contributed by atoms with Crippen molar-refractivity contribution in [3.05, 3.63) is 59.2 Å². The number of hydrogen-bond donors (Lipinski definition) is 0. The van der Waals surface area contributed by atoms with Gasteiger partial charge < -0.3 is 23.8 Å². The van der Waals surface area contributed by atoms with E-state index in [9.17, 15) is 9.59 Å². The minimum Gasteiger partial charge on any atom is -0.496 e. The molecule has 0 N–H and O–H groups in total. The highest BCUT2D eigenvalue weighted by Gasteiger charge is 2.33. The third kappa shape index (κ3) is 3.95. The van der Waals surface area contributed by atoms with Crippen molar-refractivity contribution in [3.63, 3.8) is 0 Å². The van der Waals surface area contributed by atoms with Crippen LogP contribution in [0.25, 0.3) is 5.57 Å². The molecule has 0 bridgehead atoms. The lowest BCUT2D eigenvalue weighted by Gasteiger charge is -2.28. The van der Waals surface area contributed by atoms with Crippen molar-refractivity contribution >= 4 is 17.4 Å². The van der Waals surface area contributed by atoms with E-state index in [1.807, 2.05) is 30.3 Å². The van der Waals surface area contributed by atoms with Crippen LogP contribution in [0.2, 0.25) is 0 Å². The van der Waals surface area contributed by atoms with Gasteiger partial charge in [0.1, 0.15) is 23.4 Å². The van der Waals surface area contributed by atoms with Crippen LogP contribution in [-0.4, -0.2) is 51.2 Å². The molecule has 0 saturated heterocycles. The number of amides is 1. The van der Waals surface area contributed by atoms with Crippen molar-refractivity contribution in [1.82, 2.24) is 4.90 Å². The maximum atomic E-state index is 12.9. The van der Waals surface area contributed by atoms with Gasteiger partial charge in [-0.05, 0) is 18.1 Å². The lowest BCUT2D eigenvalue weighted by Crippen LogP contribution is -2.35. The minimum absolute atomic E-state index is 0.0431. The number of fused-ring (bicyclic) bond motifs is 1. The Labute approximate surface area is 181 Å². The first-order chi connectivity index (χ1) is 15.0. The second-order valence-electron chi connectivity index (χ2n) is 7.41. The number of esters is 1. The fourth-order valence-corrected chi connectivity index (χ4v) is 4.10. The SMILES string of the molecule is COc1cc(OC)c(C2=CCN(C(=O)C[C@H]3OC(=O)c4ccccc43)CC2)c(OC)c1. The molecule has 4 rings (SSSR count). The van der Waals surface area contributed by atoms with Crippen LogP contribution < -0.4 is 14.2 Å². The molecule has 2 aromatic rings. The quantitative estimate of drug-likeness (QED) is 0.661.